The van der Waals surface area contributed by atoms with Crippen LogP contribution in [0.4, 0.5) is 5.82 Å². The highest BCUT2D eigenvalue weighted by molar-refractivity contribution is 5.87. The lowest BCUT2D eigenvalue weighted by Crippen LogP contribution is -2.32. The van der Waals surface area contributed by atoms with Crippen molar-refractivity contribution in [1.82, 2.24) is 25.1 Å². The van der Waals surface area contributed by atoms with Crippen LogP contribution in [0.5, 0.6) is 0 Å². The third-order valence-corrected chi connectivity index (χ3v) is 4.74. The average molecular weight is 380 g/mol. The molecule has 2 heterocycles. The first-order valence-corrected chi connectivity index (χ1v) is 9.84. The van der Waals surface area contributed by atoms with Gasteiger partial charge in [0.2, 0.25) is 5.91 Å². The van der Waals surface area contributed by atoms with E-state index in [1.54, 1.807) is 6.20 Å². The van der Waals surface area contributed by atoms with Crippen molar-refractivity contribution in [2.24, 2.45) is 5.92 Å². The van der Waals surface area contributed by atoms with Crippen LogP contribution in [0.2, 0.25) is 0 Å². The van der Waals surface area contributed by atoms with E-state index in [1.807, 2.05) is 48.9 Å². The standard InChI is InChI=1S/C21H28N6O/c1-5-15(4)18-25-19(22-11-12-23-21(28)14(2)3)17-13-24-27(20(17)26-18)16-9-7-6-8-10-16/h6-10,13-15H,5,11-12H2,1-4H3,(H,23,28)(H,22,25,26). The van der Waals surface area contributed by atoms with E-state index in [0.29, 0.717) is 13.1 Å². The molecule has 1 atom stereocenters. The number of fused-ring (bicyclic) bond motifs is 1. The number of carbonyl (C=O) groups is 1. The molecule has 0 saturated carbocycles. The van der Waals surface area contributed by atoms with Crippen LogP contribution in [0, 0.1) is 5.92 Å². The summed E-state index contributed by atoms with van der Waals surface area (Å²) in [5.74, 6) is 1.81. The number of hydrogen-bond acceptors (Lipinski definition) is 5. The Bertz CT molecular complexity index is 935. The van der Waals surface area contributed by atoms with Crippen LogP contribution in [-0.2, 0) is 4.79 Å². The number of amides is 1. The number of hydrogen-bond donors (Lipinski definition) is 2. The highest BCUT2D eigenvalue weighted by Crippen LogP contribution is 2.26. The molecule has 0 fully saturated rings. The monoisotopic (exact) mass is 380 g/mol. The first kappa shape index (κ1) is 19.8. The molecule has 1 aromatic carbocycles. The largest absolute Gasteiger partial charge is 0.368 e. The fourth-order valence-corrected chi connectivity index (χ4v) is 2.79. The fourth-order valence-electron chi connectivity index (χ4n) is 2.79. The van der Waals surface area contributed by atoms with E-state index in [4.69, 9.17) is 9.97 Å². The molecule has 148 valence electrons. The predicted octanol–water partition coefficient (Wildman–Crippen LogP) is 3.51. The zero-order chi connectivity index (χ0) is 20.1. The molecule has 1 amide bonds. The molecule has 7 heteroatoms. The molecule has 3 rings (SSSR count). The summed E-state index contributed by atoms with van der Waals surface area (Å²) in [6.45, 7) is 9.13. The summed E-state index contributed by atoms with van der Waals surface area (Å²) >= 11 is 0. The van der Waals surface area contributed by atoms with E-state index >= 15 is 0 Å². The minimum atomic E-state index is -0.0214. The average Bonchev–Trinajstić information content (AvgIpc) is 3.14. The summed E-state index contributed by atoms with van der Waals surface area (Å²) in [6, 6.07) is 9.96. The van der Waals surface area contributed by atoms with Crippen LogP contribution in [0.15, 0.2) is 36.5 Å². The molecule has 0 aliphatic rings. The van der Waals surface area contributed by atoms with E-state index < -0.39 is 0 Å². The summed E-state index contributed by atoms with van der Waals surface area (Å²) in [5.41, 5.74) is 1.74. The van der Waals surface area contributed by atoms with Gasteiger partial charge in [-0.05, 0) is 18.6 Å². The highest BCUT2D eigenvalue weighted by atomic mass is 16.1. The van der Waals surface area contributed by atoms with Crippen molar-refractivity contribution < 1.29 is 4.79 Å². The Morgan fingerprint density at radius 2 is 1.86 bits per heavy atom. The Hall–Kier alpha value is -2.96. The molecule has 0 aliphatic carbocycles. The van der Waals surface area contributed by atoms with Crippen molar-refractivity contribution in [3.05, 3.63) is 42.4 Å². The lowest BCUT2D eigenvalue weighted by Gasteiger charge is -2.13. The molecule has 0 aliphatic heterocycles. The van der Waals surface area contributed by atoms with Gasteiger partial charge in [-0.2, -0.15) is 5.10 Å². The second-order valence-corrected chi connectivity index (χ2v) is 7.24. The van der Waals surface area contributed by atoms with Crippen molar-refractivity contribution in [3.63, 3.8) is 0 Å². The van der Waals surface area contributed by atoms with Gasteiger partial charge < -0.3 is 10.6 Å². The fraction of sp³-hybridized carbons (Fsp3) is 0.429. The number of aromatic nitrogens is 4. The van der Waals surface area contributed by atoms with Crippen molar-refractivity contribution in [2.75, 3.05) is 18.4 Å². The first-order chi connectivity index (χ1) is 13.5. The third kappa shape index (κ3) is 4.30. The second-order valence-electron chi connectivity index (χ2n) is 7.24. The molecule has 28 heavy (non-hydrogen) atoms. The molecule has 0 spiro atoms. The molecule has 1 unspecified atom stereocenters. The van der Waals surface area contributed by atoms with E-state index in [9.17, 15) is 4.79 Å². The van der Waals surface area contributed by atoms with Crippen molar-refractivity contribution in [1.29, 1.82) is 0 Å². The van der Waals surface area contributed by atoms with Gasteiger partial charge in [-0.15, -0.1) is 0 Å². The number of nitrogens with zero attached hydrogens (tertiary/aromatic N) is 4. The number of anilines is 1. The van der Waals surface area contributed by atoms with E-state index in [2.05, 4.69) is 29.6 Å². The second kappa shape index (κ2) is 8.82. The van der Waals surface area contributed by atoms with E-state index in [-0.39, 0.29) is 17.7 Å². The zero-order valence-corrected chi connectivity index (χ0v) is 16.9. The Labute approximate surface area is 165 Å². The first-order valence-electron chi connectivity index (χ1n) is 9.84. The molecule has 0 radical (unpaired) electrons. The van der Waals surface area contributed by atoms with Crippen LogP contribution >= 0.6 is 0 Å². The molecule has 7 nitrogen and oxygen atoms in total. The summed E-state index contributed by atoms with van der Waals surface area (Å²) in [7, 11) is 0. The van der Waals surface area contributed by atoms with Gasteiger partial charge in [-0.1, -0.05) is 45.9 Å². The Morgan fingerprint density at radius 3 is 2.54 bits per heavy atom. The molecule has 0 bridgehead atoms. The van der Waals surface area contributed by atoms with Crippen LogP contribution < -0.4 is 10.6 Å². The molecule has 2 aromatic heterocycles. The number of nitrogens with one attached hydrogen (secondary N) is 2. The Balaban J connectivity index is 1.90. The van der Waals surface area contributed by atoms with Crippen LogP contribution in [0.3, 0.4) is 0 Å². The SMILES string of the molecule is CCC(C)c1nc(NCCNC(=O)C(C)C)c2cnn(-c3ccccc3)c2n1. The summed E-state index contributed by atoms with van der Waals surface area (Å²) in [4.78, 5) is 21.3. The van der Waals surface area contributed by atoms with Gasteiger partial charge in [-0.25, -0.2) is 14.6 Å². The van der Waals surface area contributed by atoms with Crippen LogP contribution in [-0.4, -0.2) is 38.7 Å². The summed E-state index contributed by atoms with van der Waals surface area (Å²) in [5, 5.41) is 11.7. The minimum Gasteiger partial charge on any atom is -0.368 e. The van der Waals surface area contributed by atoms with Crippen molar-refractivity contribution >= 4 is 22.8 Å². The number of para-hydroxylation sites is 1. The van der Waals surface area contributed by atoms with Gasteiger partial charge in [0, 0.05) is 24.9 Å². The van der Waals surface area contributed by atoms with Crippen LogP contribution in [0.1, 0.15) is 45.9 Å². The summed E-state index contributed by atoms with van der Waals surface area (Å²) < 4.78 is 1.84. The minimum absolute atomic E-state index is 0.0214. The molecule has 0 saturated heterocycles. The molecule has 2 N–H and O–H groups in total. The maximum Gasteiger partial charge on any atom is 0.222 e. The molecule has 3 aromatic rings. The molecular formula is C21H28N6O. The lowest BCUT2D eigenvalue weighted by atomic mass is 10.1. The topological polar surface area (TPSA) is 84.7 Å². The maximum absolute atomic E-state index is 11.7. The zero-order valence-electron chi connectivity index (χ0n) is 16.9. The Kier molecular flexibility index (Phi) is 6.23. The van der Waals surface area contributed by atoms with Gasteiger partial charge in [0.05, 0.1) is 17.3 Å². The van der Waals surface area contributed by atoms with Gasteiger partial charge in [0.15, 0.2) is 5.65 Å². The van der Waals surface area contributed by atoms with Gasteiger partial charge in [0.1, 0.15) is 11.6 Å². The quantitative estimate of drug-likeness (QED) is 0.584. The van der Waals surface area contributed by atoms with Crippen LogP contribution in [0.25, 0.3) is 16.7 Å². The van der Waals surface area contributed by atoms with Gasteiger partial charge >= 0.3 is 0 Å². The van der Waals surface area contributed by atoms with Crippen molar-refractivity contribution in [2.45, 2.75) is 40.0 Å². The Morgan fingerprint density at radius 1 is 1.11 bits per heavy atom. The normalized spacial score (nSPS) is 12.3. The van der Waals surface area contributed by atoms with E-state index in [0.717, 1.165) is 34.8 Å². The number of rotatable bonds is 8. The smallest absolute Gasteiger partial charge is 0.222 e. The number of carbonyl (C=O) groups excluding carboxylic acids is 1. The van der Waals surface area contributed by atoms with Gasteiger partial charge in [-0.3, -0.25) is 4.79 Å². The summed E-state index contributed by atoms with van der Waals surface area (Å²) in [6.07, 6.45) is 2.74. The lowest BCUT2D eigenvalue weighted by molar-refractivity contribution is -0.123. The van der Waals surface area contributed by atoms with Crippen molar-refractivity contribution in [3.8, 4) is 5.69 Å². The third-order valence-electron chi connectivity index (χ3n) is 4.74. The number of benzene rings is 1. The molecular weight excluding hydrogens is 352 g/mol. The highest BCUT2D eigenvalue weighted by Gasteiger charge is 2.16. The maximum atomic E-state index is 11.7. The van der Waals surface area contributed by atoms with Gasteiger partial charge in [0.25, 0.3) is 0 Å². The predicted molar refractivity (Wildman–Crippen MR) is 112 cm³/mol. The van der Waals surface area contributed by atoms with E-state index in [1.165, 1.54) is 0 Å².